The predicted octanol–water partition coefficient (Wildman–Crippen LogP) is 2.89. The van der Waals surface area contributed by atoms with Crippen molar-refractivity contribution >= 4 is 0 Å². The van der Waals surface area contributed by atoms with E-state index in [9.17, 15) is 26.3 Å². The van der Waals surface area contributed by atoms with Gasteiger partial charge in [0.15, 0.2) is 5.41 Å². The van der Waals surface area contributed by atoms with Crippen LogP contribution >= 0.6 is 0 Å². The van der Waals surface area contributed by atoms with Crippen LogP contribution in [0.4, 0.5) is 26.3 Å². The summed E-state index contributed by atoms with van der Waals surface area (Å²) in [6.45, 7) is -0.593. The molecule has 1 N–H and O–H groups in total. The number of rotatable bonds is 3. The van der Waals surface area contributed by atoms with Crippen molar-refractivity contribution in [3.05, 3.63) is 0 Å². The lowest BCUT2D eigenvalue weighted by Crippen LogP contribution is -2.47. The third-order valence-electron chi connectivity index (χ3n) is 2.09. The zero-order chi connectivity index (χ0) is 11.6. The highest BCUT2D eigenvalue weighted by Gasteiger charge is 2.66. The minimum atomic E-state index is -5.35. The normalized spacial score (nSPS) is 14.6. The summed E-state index contributed by atoms with van der Waals surface area (Å²) in [6.07, 6.45) is -12.4. The Labute approximate surface area is 76.7 Å². The summed E-state index contributed by atoms with van der Waals surface area (Å²) in [5.41, 5.74) is -3.73. The van der Waals surface area contributed by atoms with Crippen molar-refractivity contribution in [1.82, 2.24) is 0 Å². The zero-order valence-corrected chi connectivity index (χ0v) is 7.34. The second kappa shape index (κ2) is 3.96. The highest BCUT2D eigenvalue weighted by Crippen LogP contribution is 2.52. The van der Waals surface area contributed by atoms with Crippen LogP contribution in [-0.2, 0) is 0 Å². The molecule has 0 aliphatic rings. The first kappa shape index (κ1) is 13.5. The maximum Gasteiger partial charge on any atom is 0.402 e. The van der Waals surface area contributed by atoms with Gasteiger partial charge in [-0.15, -0.1) is 0 Å². The smallest absolute Gasteiger partial charge is 0.396 e. The Bertz CT molecular complexity index is 168. The van der Waals surface area contributed by atoms with Crippen LogP contribution < -0.4 is 0 Å². The third-order valence-corrected chi connectivity index (χ3v) is 2.09. The van der Waals surface area contributed by atoms with E-state index in [-0.39, 0.29) is 6.92 Å². The van der Waals surface area contributed by atoms with E-state index in [0.29, 0.717) is 0 Å². The topological polar surface area (TPSA) is 20.2 Å². The summed E-state index contributed by atoms with van der Waals surface area (Å²) < 4.78 is 72.7. The molecule has 0 rings (SSSR count). The van der Waals surface area contributed by atoms with Gasteiger partial charge < -0.3 is 5.11 Å². The molecule has 7 heteroatoms. The lowest BCUT2D eigenvalue weighted by atomic mass is 9.84. The molecule has 0 aliphatic carbocycles. The van der Waals surface area contributed by atoms with Gasteiger partial charge in [-0.05, 0) is 19.8 Å². The molecule has 0 radical (unpaired) electrons. The van der Waals surface area contributed by atoms with Crippen LogP contribution in [0.1, 0.15) is 19.8 Å². The molecule has 0 aliphatic heterocycles. The molecule has 0 fully saturated rings. The first-order valence-electron chi connectivity index (χ1n) is 3.80. The van der Waals surface area contributed by atoms with E-state index in [1.165, 1.54) is 0 Å². The Kier molecular flexibility index (Phi) is 3.83. The second-order valence-corrected chi connectivity index (χ2v) is 3.15. The second-order valence-electron chi connectivity index (χ2n) is 3.15. The average Bonchev–Trinajstić information content (AvgIpc) is 1.95. The first-order chi connectivity index (χ1) is 6.06. The molecule has 0 saturated carbocycles. The quantitative estimate of drug-likeness (QED) is 0.731. The molecule has 0 aromatic heterocycles. The van der Waals surface area contributed by atoms with Crippen LogP contribution in [-0.4, -0.2) is 24.1 Å². The lowest BCUT2D eigenvalue weighted by molar-refractivity contribution is -0.337. The fourth-order valence-electron chi connectivity index (χ4n) is 0.877. The third kappa shape index (κ3) is 2.52. The summed E-state index contributed by atoms with van der Waals surface area (Å²) in [5, 5.41) is 8.23. The molecule has 0 heterocycles. The largest absolute Gasteiger partial charge is 0.402 e. The zero-order valence-electron chi connectivity index (χ0n) is 7.34. The van der Waals surface area contributed by atoms with Gasteiger partial charge in [-0.1, -0.05) is 0 Å². The van der Waals surface area contributed by atoms with Crippen molar-refractivity contribution in [3.63, 3.8) is 0 Å². The van der Waals surface area contributed by atoms with Crippen molar-refractivity contribution in [2.45, 2.75) is 32.1 Å². The standard InChI is InChI=1S/C7H10F6O/c1-5(3-2-4-14,6(8,9)10)7(11,12)13/h14H,2-4H2,1H3. The number of aliphatic hydroxyl groups is 1. The van der Waals surface area contributed by atoms with Crippen molar-refractivity contribution in [2.75, 3.05) is 6.61 Å². The summed E-state index contributed by atoms with van der Waals surface area (Å²) in [5.74, 6) is 0. The van der Waals surface area contributed by atoms with E-state index in [0.717, 1.165) is 0 Å². The summed E-state index contributed by atoms with van der Waals surface area (Å²) in [4.78, 5) is 0. The van der Waals surface area contributed by atoms with Gasteiger partial charge in [-0.3, -0.25) is 0 Å². The molecule has 0 unspecified atom stereocenters. The van der Waals surface area contributed by atoms with Crippen LogP contribution in [0.5, 0.6) is 0 Å². The molecule has 0 aromatic carbocycles. The molecule has 14 heavy (non-hydrogen) atoms. The Hall–Kier alpha value is -0.460. The van der Waals surface area contributed by atoms with Gasteiger partial charge in [0.2, 0.25) is 0 Å². The summed E-state index contributed by atoms with van der Waals surface area (Å²) in [6, 6.07) is 0. The Morgan fingerprint density at radius 1 is 0.929 bits per heavy atom. The van der Waals surface area contributed by atoms with Gasteiger partial charge in [0.25, 0.3) is 0 Å². The number of hydrogen-bond acceptors (Lipinski definition) is 1. The molecule has 0 amide bonds. The average molecular weight is 224 g/mol. The van der Waals surface area contributed by atoms with Gasteiger partial charge in [0, 0.05) is 6.61 Å². The summed E-state index contributed by atoms with van der Waals surface area (Å²) in [7, 11) is 0. The lowest BCUT2D eigenvalue weighted by Gasteiger charge is -2.33. The molecule has 0 atom stereocenters. The first-order valence-corrected chi connectivity index (χ1v) is 3.80. The summed E-state index contributed by atoms with van der Waals surface area (Å²) >= 11 is 0. The van der Waals surface area contributed by atoms with Gasteiger partial charge in [-0.2, -0.15) is 26.3 Å². The molecule has 0 saturated heterocycles. The van der Waals surface area contributed by atoms with Gasteiger partial charge in [-0.25, -0.2) is 0 Å². The monoisotopic (exact) mass is 224 g/mol. The molecule has 0 aromatic rings. The van der Waals surface area contributed by atoms with E-state index in [4.69, 9.17) is 5.11 Å². The fourth-order valence-corrected chi connectivity index (χ4v) is 0.877. The van der Waals surface area contributed by atoms with Gasteiger partial charge in [0.1, 0.15) is 0 Å². The Morgan fingerprint density at radius 2 is 1.29 bits per heavy atom. The molecule has 86 valence electrons. The maximum atomic E-state index is 12.1. The predicted molar refractivity (Wildman–Crippen MR) is 36.5 cm³/mol. The van der Waals surface area contributed by atoms with Crippen LogP contribution in [0.15, 0.2) is 0 Å². The Balaban J connectivity index is 4.87. The van der Waals surface area contributed by atoms with Gasteiger partial charge >= 0.3 is 12.4 Å². The SMILES string of the molecule is CC(CCCO)(C(F)(F)F)C(F)(F)F. The minimum absolute atomic E-state index is 0.0999. The van der Waals surface area contributed by atoms with E-state index in [2.05, 4.69) is 0 Å². The maximum absolute atomic E-state index is 12.1. The molecule has 0 spiro atoms. The van der Waals surface area contributed by atoms with Crippen LogP contribution in [0.25, 0.3) is 0 Å². The van der Waals surface area contributed by atoms with Crippen molar-refractivity contribution in [2.24, 2.45) is 5.41 Å². The number of alkyl halides is 6. The molecular weight excluding hydrogens is 214 g/mol. The number of aliphatic hydroxyl groups excluding tert-OH is 1. The van der Waals surface area contributed by atoms with Crippen molar-refractivity contribution < 1.29 is 31.4 Å². The molecule has 0 bridgehead atoms. The minimum Gasteiger partial charge on any atom is -0.396 e. The van der Waals surface area contributed by atoms with Crippen LogP contribution in [0, 0.1) is 5.41 Å². The van der Waals surface area contributed by atoms with Gasteiger partial charge in [0.05, 0.1) is 0 Å². The molecule has 1 nitrogen and oxygen atoms in total. The highest BCUT2D eigenvalue weighted by atomic mass is 19.4. The van der Waals surface area contributed by atoms with E-state index < -0.39 is 37.2 Å². The van der Waals surface area contributed by atoms with Crippen molar-refractivity contribution in [1.29, 1.82) is 0 Å². The van der Waals surface area contributed by atoms with E-state index in [1.807, 2.05) is 0 Å². The number of halogens is 6. The Morgan fingerprint density at radius 3 is 1.50 bits per heavy atom. The van der Waals surface area contributed by atoms with Crippen molar-refractivity contribution in [3.8, 4) is 0 Å². The van der Waals surface area contributed by atoms with Crippen LogP contribution in [0.2, 0.25) is 0 Å². The fraction of sp³-hybridized carbons (Fsp3) is 1.00. The number of hydrogen-bond donors (Lipinski definition) is 1. The van der Waals surface area contributed by atoms with E-state index >= 15 is 0 Å². The highest BCUT2D eigenvalue weighted by molar-refractivity contribution is 4.88. The van der Waals surface area contributed by atoms with Crippen LogP contribution in [0.3, 0.4) is 0 Å². The van der Waals surface area contributed by atoms with E-state index in [1.54, 1.807) is 0 Å². The molecular formula is C7H10F6O.